The third-order valence-corrected chi connectivity index (χ3v) is 4.32. The molecular formula is C18H28N4O2. The summed E-state index contributed by atoms with van der Waals surface area (Å²) < 4.78 is 0. The number of hydrogen-bond acceptors (Lipinski definition) is 3. The van der Waals surface area contributed by atoms with Crippen LogP contribution in [0.2, 0.25) is 0 Å². The van der Waals surface area contributed by atoms with Gasteiger partial charge in [0.2, 0.25) is 0 Å². The molecule has 0 aromatic heterocycles. The molecule has 0 radical (unpaired) electrons. The average Bonchev–Trinajstić information content (AvgIpc) is 2.54. The first-order chi connectivity index (χ1) is 11.4. The van der Waals surface area contributed by atoms with Gasteiger partial charge in [-0.25, -0.2) is 4.79 Å². The first-order valence-corrected chi connectivity index (χ1v) is 8.59. The van der Waals surface area contributed by atoms with Crippen molar-refractivity contribution in [2.45, 2.75) is 45.7 Å². The highest BCUT2D eigenvalue weighted by atomic mass is 16.2. The third kappa shape index (κ3) is 4.71. The zero-order valence-corrected chi connectivity index (χ0v) is 14.7. The average molecular weight is 332 g/mol. The van der Waals surface area contributed by atoms with E-state index in [1.54, 1.807) is 24.3 Å². The number of carbonyl (C=O) groups is 2. The molecule has 6 heteroatoms. The summed E-state index contributed by atoms with van der Waals surface area (Å²) >= 11 is 0. The first-order valence-electron chi connectivity index (χ1n) is 8.59. The molecule has 2 rings (SSSR count). The molecule has 1 aliphatic heterocycles. The highest BCUT2D eigenvalue weighted by Crippen LogP contribution is 2.24. The van der Waals surface area contributed by atoms with Crippen LogP contribution in [0.1, 0.15) is 44.0 Å². The summed E-state index contributed by atoms with van der Waals surface area (Å²) in [6, 6.07) is 6.92. The van der Waals surface area contributed by atoms with Gasteiger partial charge in [-0.2, -0.15) is 0 Å². The molecule has 0 spiro atoms. The number of urea groups is 1. The zero-order chi connectivity index (χ0) is 17.7. The van der Waals surface area contributed by atoms with Crippen molar-refractivity contribution in [2.24, 2.45) is 11.7 Å². The minimum Gasteiger partial charge on any atom is -0.336 e. The Morgan fingerprint density at radius 3 is 2.54 bits per heavy atom. The van der Waals surface area contributed by atoms with Crippen molar-refractivity contribution in [3.8, 4) is 0 Å². The van der Waals surface area contributed by atoms with Crippen molar-refractivity contribution < 1.29 is 9.59 Å². The molecule has 0 aliphatic carbocycles. The van der Waals surface area contributed by atoms with Gasteiger partial charge >= 0.3 is 6.03 Å². The Morgan fingerprint density at radius 2 is 1.96 bits per heavy atom. The van der Waals surface area contributed by atoms with E-state index < -0.39 is 0 Å². The summed E-state index contributed by atoms with van der Waals surface area (Å²) in [4.78, 5) is 26.3. The minimum absolute atomic E-state index is 0.00975. The smallest absolute Gasteiger partial charge is 0.319 e. The molecule has 2 atom stereocenters. The van der Waals surface area contributed by atoms with E-state index in [2.05, 4.69) is 17.6 Å². The van der Waals surface area contributed by atoms with E-state index in [0.29, 0.717) is 23.7 Å². The molecule has 1 aromatic rings. The fourth-order valence-corrected chi connectivity index (χ4v) is 3.03. The first kappa shape index (κ1) is 18.3. The van der Waals surface area contributed by atoms with Crippen LogP contribution in [0.5, 0.6) is 0 Å². The predicted molar refractivity (Wildman–Crippen MR) is 96.0 cm³/mol. The Labute approximate surface area is 143 Å². The van der Waals surface area contributed by atoms with Gasteiger partial charge in [0.05, 0.1) is 0 Å². The maximum atomic E-state index is 12.7. The van der Waals surface area contributed by atoms with Gasteiger partial charge in [-0.1, -0.05) is 6.92 Å². The number of amides is 3. The normalized spacial score (nSPS) is 20.8. The summed E-state index contributed by atoms with van der Waals surface area (Å²) in [7, 11) is 0. The van der Waals surface area contributed by atoms with E-state index >= 15 is 0 Å². The second kappa shape index (κ2) is 8.15. The molecule has 1 saturated heterocycles. The lowest BCUT2D eigenvalue weighted by molar-refractivity contribution is 0.0573. The number of piperidine rings is 1. The van der Waals surface area contributed by atoms with Crippen LogP contribution in [0.4, 0.5) is 10.5 Å². The monoisotopic (exact) mass is 332 g/mol. The third-order valence-electron chi connectivity index (χ3n) is 4.32. The number of rotatable bonds is 4. The van der Waals surface area contributed by atoms with E-state index in [4.69, 9.17) is 5.73 Å². The Morgan fingerprint density at radius 1 is 1.29 bits per heavy atom. The van der Waals surface area contributed by atoms with Crippen LogP contribution in [-0.4, -0.2) is 42.0 Å². The molecule has 24 heavy (non-hydrogen) atoms. The second-order valence-electron chi connectivity index (χ2n) is 6.85. The van der Waals surface area contributed by atoms with E-state index in [1.807, 2.05) is 18.7 Å². The molecule has 132 valence electrons. The second-order valence-corrected chi connectivity index (χ2v) is 6.85. The number of nitrogens with one attached hydrogen (secondary N) is 2. The maximum absolute atomic E-state index is 12.7. The molecule has 0 saturated carbocycles. The van der Waals surface area contributed by atoms with E-state index in [9.17, 15) is 9.59 Å². The van der Waals surface area contributed by atoms with Gasteiger partial charge in [-0.05, 0) is 56.9 Å². The SMILES string of the molecule is CC1CCN(C(=O)c2ccc(NC(=O)NC(C)C)cc2)C(CN)C1. The Balaban J connectivity index is 2.01. The molecule has 1 heterocycles. The van der Waals surface area contributed by atoms with Gasteiger partial charge < -0.3 is 21.3 Å². The highest BCUT2D eigenvalue weighted by molar-refractivity contribution is 5.95. The topological polar surface area (TPSA) is 87.5 Å². The lowest BCUT2D eigenvalue weighted by Crippen LogP contribution is -2.49. The maximum Gasteiger partial charge on any atom is 0.319 e. The van der Waals surface area contributed by atoms with Gasteiger partial charge in [0.15, 0.2) is 0 Å². The van der Waals surface area contributed by atoms with Crippen LogP contribution < -0.4 is 16.4 Å². The number of nitrogens with zero attached hydrogens (tertiary/aromatic N) is 1. The zero-order valence-electron chi connectivity index (χ0n) is 14.7. The summed E-state index contributed by atoms with van der Waals surface area (Å²) in [5.74, 6) is 0.615. The van der Waals surface area contributed by atoms with Crippen LogP contribution in [-0.2, 0) is 0 Å². The number of anilines is 1. The summed E-state index contributed by atoms with van der Waals surface area (Å²) in [6.07, 6.45) is 1.97. The lowest BCUT2D eigenvalue weighted by atomic mass is 9.92. The van der Waals surface area contributed by atoms with Crippen molar-refractivity contribution in [1.82, 2.24) is 10.2 Å². The van der Waals surface area contributed by atoms with Gasteiger partial charge in [0.1, 0.15) is 0 Å². The molecular weight excluding hydrogens is 304 g/mol. The summed E-state index contributed by atoms with van der Waals surface area (Å²) in [6.45, 7) is 7.24. The van der Waals surface area contributed by atoms with Crippen LogP contribution in [0.3, 0.4) is 0 Å². The van der Waals surface area contributed by atoms with Gasteiger partial charge in [-0.15, -0.1) is 0 Å². The number of likely N-dealkylation sites (tertiary alicyclic amines) is 1. The number of nitrogens with two attached hydrogens (primary N) is 1. The largest absolute Gasteiger partial charge is 0.336 e. The van der Waals surface area contributed by atoms with Crippen molar-refractivity contribution in [1.29, 1.82) is 0 Å². The fraction of sp³-hybridized carbons (Fsp3) is 0.556. The Hall–Kier alpha value is -2.08. The lowest BCUT2D eigenvalue weighted by Gasteiger charge is -2.38. The van der Waals surface area contributed by atoms with Crippen LogP contribution in [0.25, 0.3) is 0 Å². The standard InChI is InChI=1S/C18H28N4O2/c1-12(2)20-18(24)21-15-6-4-14(5-7-15)17(23)22-9-8-13(3)10-16(22)11-19/h4-7,12-13,16H,8-11,19H2,1-3H3,(H2,20,21,24). The number of carbonyl (C=O) groups excluding carboxylic acids is 2. The molecule has 2 unspecified atom stereocenters. The number of benzene rings is 1. The minimum atomic E-state index is -0.253. The highest BCUT2D eigenvalue weighted by Gasteiger charge is 2.29. The molecule has 6 nitrogen and oxygen atoms in total. The van der Waals surface area contributed by atoms with Gasteiger partial charge in [0, 0.05) is 36.4 Å². The molecule has 4 N–H and O–H groups in total. The van der Waals surface area contributed by atoms with E-state index in [0.717, 1.165) is 19.4 Å². The molecule has 1 fully saturated rings. The summed E-state index contributed by atoms with van der Waals surface area (Å²) in [5, 5.41) is 5.51. The summed E-state index contributed by atoms with van der Waals surface area (Å²) in [5.41, 5.74) is 7.12. The van der Waals surface area contributed by atoms with Crippen LogP contribution in [0.15, 0.2) is 24.3 Å². The van der Waals surface area contributed by atoms with Crippen molar-refractivity contribution in [3.05, 3.63) is 29.8 Å². The van der Waals surface area contributed by atoms with Crippen molar-refractivity contribution in [3.63, 3.8) is 0 Å². The van der Waals surface area contributed by atoms with Crippen molar-refractivity contribution in [2.75, 3.05) is 18.4 Å². The predicted octanol–water partition coefficient (Wildman–Crippen LogP) is 2.42. The number of hydrogen-bond donors (Lipinski definition) is 3. The molecule has 1 aromatic carbocycles. The van der Waals surface area contributed by atoms with Crippen LogP contribution in [0, 0.1) is 5.92 Å². The Bertz CT molecular complexity index is 571. The van der Waals surface area contributed by atoms with E-state index in [-0.39, 0.29) is 24.0 Å². The quantitative estimate of drug-likeness (QED) is 0.791. The van der Waals surface area contributed by atoms with Crippen molar-refractivity contribution >= 4 is 17.6 Å². The molecule has 1 aliphatic rings. The van der Waals surface area contributed by atoms with Crippen LogP contribution >= 0.6 is 0 Å². The van der Waals surface area contributed by atoms with Gasteiger partial charge in [0.25, 0.3) is 5.91 Å². The molecule has 0 bridgehead atoms. The van der Waals surface area contributed by atoms with E-state index in [1.165, 1.54) is 0 Å². The Kier molecular flexibility index (Phi) is 6.20. The van der Waals surface area contributed by atoms with Gasteiger partial charge in [-0.3, -0.25) is 4.79 Å². The molecule has 3 amide bonds. The fourth-order valence-electron chi connectivity index (χ4n) is 3.03.